The summed E-state index contributed by atoms with van der Waals surface area (Å²) < 4.78 is 28.9. The summed E-state index contributed by atoms with van der Waals surface area (Å²) in [5.41, 5.74) is 5.32. The third-order valence-corrected chi connectivity index (χ3v) is 5.11. The highest BCUT2D eigenvalue weighted by atomic mass is 32.2. The van der Waals surface area contributed by atoms with Gasteiger partial charge in [0, 0.05) is 18.3 Å². The summed E-state index contributed by atoms with van der Waals surface area (Å²) >= 11 is 0. The SMILES string of the molecule is CCn1cc(S(=O)(=O)NC2(C)CCCC2)c(N)n1. The highest BCUT2D eigenvalue weighted by molar-refractivity contribution is 7.89. The number of anilines is 1. The van der Waals surface area contributed by atoms with Gasteiger partial charge in [-0.1, -0.05) is 12.8 Å². The van der Waals surface area contributed by atoms with Crippen LogP contribution in [0, 0.1) is 0 Å². The van der Waals surface area contributed by atoms with Crippen molar-refractivity contribution in [1.29, 1.82) is 0 Å². The quantitative estimate of drug-likeness (QED) is 0.858. The number of rotatable bonds is 4. The lowest BCUT2D eigenvalue weighted by atomic mass is 10.0. The van der Waals surface area contributed by atoms with E-state index in [0.717, 1.165) is 25.7 Å². The number of nitrogens with two attached hydrogens (primary N) is 1. The van der Waals surface area contributed by atoms with Gasteiger partial charge in [0.1, 0.15) is 4.90 Å². The number of nitrogen functional groups attached to an aromatic ring is 1. The van der Waals surface area contributed by atoms with E-state index in [2.05, 4.69) is 9.82 Å². The predicted octanol–water partition coefficient (Wildman–Crippen LogP) is 1.10. The summed E-state index contributed by atoms with van der Waals surface area (Å²) in [5, 5.41) is 3.97. The van der Waals surface area contributed by atoms with Gasteiger partial charge in [-0.15, -0.1) is 0 Å². The lowest BCUT2D eigenvalue weighted by Crippen LogP contribution is -2.43. The molecule has 0 radical (unpaired) electrons. The molecule has 1 aromatic heterocycles. The van der Waals surface area contributed by atoms with Gasteiger partial charge in [-0.3, -0.25) is 4.68 Å². The first-order chi connectivity index (χ1) is 8.36. The van der Waals surface area contributed by atoms with Crippen molar-refractivity contribution in [3.63, 3.8) is 0 Å². The van der Waals surface area contributed by atoms with Crippen LogP contribution in [-0.2, 0) is 16.6 Å². The Bertz CT molecular complexity index is 529. The molecule has 3 N–H and O–H groups in total. The number of aryl methyl sites for hydroxylation is 1. The number of sulfonamides is 1. The third kappa shape index (κ3) is 2.51. The van der Waals surface area contributed by atoms with Crippen LogP contribution in [0.2, 0.25) is 0 Å². The minimum atomic E-state index is -3.58. The monoisotopic (exact) mass is 272 g/mol. The largest absolute Gasteiger partial charge is 0.381 e. The Kier molecular flexibility index (Phi) is 3.37. The van der Waals surface area contributed by atoms with Gasteiger partial charge in [0.05, 0.1) is 0 Å². The van der Waals surface area contributed by atoms with E-state index < -0.39 is 10.0 Å². The molecule has 6 nitrogen and oxygen atoms in total. The van der Waals surface area contributed by atoms with E-state index in [1.54, 1.807) is 0 Å². The molecule has 0 aliphatic heterocycles. The Hall–Kier alpha value is -1.08. The molecule has 0 aromatic carbocycles. The second-order valence-corrected chi connectivity index (χ2v) is 6.76. The van der Waals surface area contributed by atoms with Crippen LogP contribution in [0.1, 0.15) is 39.5 Å². The third-order valence-electron chi connectivity index (χ3n) is 3.46. The molecule has 102 valence electrons. The number of nitrogens with zero attached hydrogens (tertiary/aromatic N) is 2. The lowest BCUT2D eigenvalue weighted by molar-refractivity contribution is 0.427. The zero-order valence-electron chi connectivity index (χ0n) is 10.8. The van der Waals surface area contributed by atoms with Crippen molar-refractivity contribution in [1.82, 2.24) is 14.5 Å². The topological polar surface area (TPSA) is 90.0 Å². The van der Waals surface area contributed by atoms with Crippen LogP contribution in [0.4, 0.5) is 5.82 Å². The van der Waals surface area contributed by atoms with Gasteiger partial charge in [-0.25, -0.2) is 13.1 Å². The fourth-order valence-corrected chi connectivity index (χ4v) is 3.96. The number of hydrogen-bond donors (Lipinski definition) is 2. The number of nitrogens with one attached hydrogen (secondary N) is 1. The Morgan fingerprint density at radius 1 is 1.50 bits per heavy atom. The van der Waals surface area contributed by atoms with E-state index >= 15 is 0 Å². The number of aromatic nitrogens is 2. The van der Waals surface area contributed by atoms with Gasteiger partial charge in [-0.05, 0) is 26.7 Å². The molecule has 0 amide bonds. The molecule has 0 unspecified atom stereocenters. The molecule has 1 fully saturated rings. The maximum atomic E-state index is 12.3. The van der Waals surface area contributed by atoms with Crippen molar-refractivity contribution in [3.05, 3.63) is 6.20 Å². The minimum absolute atomic E-state index is 0.0611. The van der Waals surface area contributed by atoms with Gasteiger partial charge >= 0.3 is 0 Å². The van der Waals surface area contributed by atoms with Crippen molar-refractivity contribution in [2.24, 2.45) is 0 Å². The van der Waals surface area contributed by atoms with Crippen LogP contribution in [0.25, 0.3) is 0 Å². The van der Waals surface area contributed by atoms with Crippen molar-refractivity contribution >= 4 is 15.8 Å². The van der Waals surface area contributed by atoms with E-state index in [-0.39, 0.29) is 16.3 Å². The summed E-state index contributed by atoms with van der Waals surface area (Å²) in [7, 11) is -3.58. The fraction of sp³-hybridized carbons (Fsp3) is 0.727. The van der Waals surface area contributed by atoms with Crippen molar-refractivity contribution in [3.8, 4) is 0 Å². The van der Waals surface area contributed by atoms with E-state index in [4.69, 9.17) is 5.73 Å². The lowest BCUT2D eigenvalue weighted by Gasteiger charge is -2.24. The summed E-state index contributed by atoms with van der Waals surface area (Å²) in [5.74, 6) is 0.0611. The molecule has 2 rings (SSSR count). The molecule has 1 aromatic rings. The van der Waals surface area contributed by atoms with Crippen LogP contribution in [0.15, 0.2) is 11.1 Å². The van der Waals surface area contributed by atoms with E-state index in [0.29, 0.717) is 6.54 Å². The summed E-state index contributed by atoms with van der Waals surface area (Å²) in [6.07, 6.45) is 5.34. The van der Waals surface area contributed by atoms with Gasteiger partial charge in [0.15, 0.2) is 5.82 Å². The Morgan fingerprint density at radius 2 is 2.11 bits per heavy atom. The molecular weight excluding hydrogens is 252 g/mol. The molecule has 1 heterocycles. The molecular formula is C11H20N4O2S. The average molecular weight is 272 g/mol. The molecule has 0 spiro atoms. The Morgan fingerprint density at radius 3 is 2.61 bits per heavy atom. The summed E-state index contributed by atoms with van der Waals surface area (Å²) in [6, 6.07) is 0. The first-order valence-electron chi connectivity index (χ1n) is 6.23. The van der Waals surface area contributed by atoms with Crippen molar-refractivity contribution in [2.45, 2.75) is 56.5 Å². The van der Waals surface area contributed by atoms with Gasteiger partial charge < -0.3 is 5.73 Å². The van der Waals surface area contributed by atoms with E-state index in [9.17, 15) is 8.42 Å². The Labute approximate surface area is 108 Å². The molecule has 7 heteroatoms. The van der Waals surface area contributed by atoms with Crippen LogP contribution in [0.5, 0.6) is 0 Å². The molecule has 1 saturated carbocycles. The smallest absolute Gasteiger partial charge is 0.246 e. The van der Waals surface area contributed by atoms with Crippen molar-refractivity contribution < 1.29 is 8.42 Å². The molecule has 18 heavy (non-hydrogen) atoms. The first-order valence-corrected chi connectivity index (χ1v) is 7.71. The Balaban J connectivity index is 2.27. The van der Waals surface area contributed by atoms with Crippen molar-refractivity contribution in [2.75, 3.05) is 5.73 Å². The maximum absolute atomic E-state index is 12.3. The maximum Gasteiger partial charge on any atom is 0.246 e. The molecule has 0 atom stereocenters. The van der Waals surface area contributed by atoms with Crippen LogP contribution < -0.4 is 10.5 Å². The van der Waals surface area contributed by atoms with Gasteiger partial charge in [0.2, 0.25) is 10.0 Å². The molecule has 0 saturated heterocycles. The highest BCUT2D eigenvalue weighted by Crippen LogP contribution is 2.31. The van der Waals surface area contributed by atoms with E-state index in [1.165, 1.54) is 10.9 Å². The summed E-state index contributed by atoms with van der Waals surface area (Å²) in [4.78, 5) is 0.0810. The van der Waals surface area contributed by atoms with Gasteiger partial charge in [0.25, 0.3) is 0 Å². The molecule has 1 aliphatic carbocycles. The minimum Gasteiger partial charge on any atom is -0.381 e. The summed E-state index contributed by atoms with van der Waals surface area (Å²) in [6.45, 7) is 4.42. The van der Waals surface area contributed by atoms with Crippen LogP contribution in [-0.4, -0.2) is 23.7 Å². The second kappa shape index (κ2) is 4.55. The average Bonchev–Trinajstić information content (AvgIpc) is 2.84. The number of hydrogen-bond acceptors (Lipinski definition) is 4. The predicted molar refractivity (Wildman–Crippen MR) is 69.5 cm³/mol. The van der Waals surface area contributed by atoms with Gasteiger partial charge in [-0.2, -0.15) is 5.10 Å². The molecule has 0 bridgehead atoms. The second-order valence-electron chi connectivity index (χ2n) is 5.11. The normalized spacial score (nSPS) is 19.2. The zero-order valence-corrected chi connectivity index (χ0v) is 11.6. The van der Waals surface area contributed by atoms with E-state index in [1.807, 2.05) is 13.8 Å². The highest BCUT2D eigenvalue weighted by Gasteiger charge is 2.34. The first kappa shape index (κ1) is 13.4. The zero-order chi connectivity index (χ0) is 13.4. The van der Waals surface area contributed by atoms with Crippen LogP contribution in [0.3, 0.4) is 0 Å². The molecule has 1 aliphatic rings. The standard InChI is InChI=1S/C11H20N4O2S/c1-3-15-8-9(10(12)13-15)18(16,17)14-11(2)6-4-5-7-11/h8,14H,3-7H2,1-2H3,(H2,12,13). The van der Waals surface area contributed by atoms with Crippen LogP contribution >= 0.6 is 0 Å². The fourth-order valence-electron chi connectivity index (χ4n) is 2.42.